The Morgan fingerprint density at radius 3 is 2.42 bits per heavy atom. The number of nitro benzene ring substituents is 1. The fourth-order valence-electron chi connectivity index (χ4n) is 1.74. The zero-order chi connectivity index (χ0) is 17.7. The lowest BCUT2D eigenvalue weighted by atomic mass is 10.1. The topological polar surface area (TPSA) is 122 Å². The summed E-state index contributed by atoms with van der Waals surface area (Å²) < 4.78 is 0. The second kappa shape index (κ2) is 7.34. The molecule has 0 saturated heterocycles. The van der Waals surface area contributed by atoms with Gasteiger partial charge >= 0.3 is 5.97 Å². The summed E-state index contributed by atoms with van der Waals surface area (Å²) in [6.07, 6.45) is 1.32. The van der Waals surface area contributed by atoms with Gasteiger partial charge in [0.05, 0.1) is 27.3 Å². The van der Waals surface area contributed by atoms with E-state index in [1.54, 1.807) is 0 Å². The van der Waals surface area contributed by atoms with Crippen LogP contribution in [-0.2, 0) is 0 Å². The Hall–Kier alpha value is -3.26. The molecule has 0 heterocycles. The number of carboxylic acid groups (broad SMARTS) is 1. The normalized spacial score (nSPS) is 10.5. The third kappa shape index (κ3) is 4.14. The summed E-state index contributed by atoms with van der Waals surface area (Å²) in [5.74, 6) is -1.67. The fraction of sp³-hybridized carbons (Fsp3) is 0. The molecule has 0 spiro atoms. The van der Waals surface area contributed by atoms with E-state index in [0.29, 0.717) is 5.56 Å². The van der Waals surface area contributed by atoms with Crippen molar-refractivity contribution in [2.24, 2.45) is 5.10 Å². The monoisotopic (exact) mass is 347 g/mol. The van der Waals surface area contributed by atoms with Crippen molar-refractivity contribution in [3.63, 3.8) is 0 Å². The first kappa shape index (κ1) is 17.1. The highest BCUT2D eigenvalue weighted by Crippen LogP contribution is 2.22. The van der Waals surface area contributed by atoms with Gasteiger partial charge in [-0.1, -0.05) is 23.7 Å². The number of amides is 1. The number of nitro groups is 1. The molecule has 8 nitrogen and oxygen atoms in total. The van der Waals surface area contributed by atoms with E-state index in [1.165, 1.54) is 36.5 Å². The minimum atomic E-state index is -1.04. The number of rotatable bonds is 5. The molecule has 0 aliphatic carbocycles. The largest absolute Gasteiger partial charge is 0.478 e. The molecule has 0 atom stereocenters. The molecule has 9 heteroatoms. The third-order valence-electron chi connectivity index (χ3n) is 2.95. The van der Waals surface area contributed by atoms with Gasteiger partial charge in [0.25, 0.3) is 11.6 Å². The highest BCUT2D eigenvalue weighted by molar-refractivity contribution is 6.34. The molecule has 122 valence electrons. The second-order valence-electron chi connectivity index (χ2n) is 4.55. The Kier molecular flexibility index (Phi) is 5.23. The maximum Gasteiger partial charge on any atom is 0.335 e. The van der Waals surface area contributed by atoms with Crippen LogP contribution in [0.3, 0.4) is 0 Å². The van der Waals surface area contributed by atoms with Gasteiger partial charge in [-0.2, -0.15) is 5.10 Å². The first-order chi connectivity index (χ1) is 11.4. The van der Waals surface area contributed by atoms with Crippen LogP contribution in [0.15, 0.2) is 47.6 Å². The zero-order valence-electron chi connectivity index (χ0n) is 12.0. The number of benzene rings is 2. The van der Waals surface area contributed by atoms with Crippen molar-refractivity contribution in [2.75, 3.05) is 0 Å². The van der Waals surface area contributed by atoms with Gasteiger partial charge in [-0.3, -0.25) is 14.9 Å². The van der Waals surface area contributed by atoms with E-state index in [1.807, 2.05) is 0 Å². The van der Waals surface area contributed by atoms with Gasteiger partial charge in [-0.15, -0.1) is 0 Å². The molecule has 2 rings (SSSR count). The maximum atomic E-state index is 11.9. The molecular weight excluding hydrogens is 338 g/mol. The van der Waals surface area contributed by atoms with Crippen LogP contribution in [0.4, 0.5) is 5.69 Å². The summed E-state index contributed by atoms with van der Waals surface area (Å²) in [6.45, 7) is 0. The Bertz CT molecular complexity index is 834. The molecule has 0 unspecified atom stereocenters. The highest BCUT2D eigenvalue weighted by Gasteiger charge is 2.14. The second-order valence-corrected chi connectivity index (χ2v) is 4.95. The number of hydrogen-bond acceptors (Lipinski definition) is 5. The van der Waals surface area contributed by atoms with Crippen LogP contribution in [0, 0.1) is 10.1 Å². The van der Waals surface area contributed by atoms with Crippen LogP contribution in [0.2, 0.25) is 5.02 Å². The number of aromatic carboxylic acids is 1. The summed E-state index contributed by atoms with van der Waals surface area (Å²) in [5, 5.41) is 23.1. The first-order valence-electron chi connectivity index (χ1n) is 6.49. The Labute approximate surface area is 140 Å². The van der Waals surface area contributed by atoms with Crippen LogP contribution in [0.5, 0.6) is 0 Å². The molecule has 0 radical (unpaired) electrons. The first-order valence-corrected chi connectivity index (χ1v) is 6.87. The predicted molar refractivity (Wildman–Crippen MR) is 86.6 cm³/mol. The number of carboxylic acids is 1. The van der Waals surface area contributed by atoms with Crippen molar-refractivity contribution in [2.45, 2.75) is 0 Å². The van der Waals surface area contributed by atoms with Crippen molar-refractivity contribution in [1.29, 1.82) is 0 Å². The molecule has 0 saturated carbocycles. The van der Waals surface area contributed by atoms with E-state index in [4.69, 9.17) is 16.7 Å². The maximum absolute atomic E-state index is 11.9. The molecule has 0 aromatic heterocycles. The molecule has 1 amide bonds. The third-order valence-corrected chi connectivity index (χ3v) is 3.26. The predicted octanol–water partition coefficient (Wildman–Crippen LogP) is 2.71. The molecule has 0 bridgehead atoms. The van der Waals surface area contributed by atoms with Crippen LogP contribution in [0.25, 0.3) is 0 Å². The summed E-state index contributed by atoms with van der Waals surface area (Å²) in [6, 6.07) is 9.32. The minimum Gasteiger partial charge on any atom is -0.478 e. The zero-order valence-corrected chi connectivity index (χ0v) is 12.7. The van der Waals surface area contributed by atoms with Gasteiger partial charge in [0.15, 0.2) is 0 Å². The number of carbonyl (C=O) groups is 2. The van der Waals surface area contributed by atoms with Crippen molar-refractivity contribution in [3.8, 4) is 0 Å². The Morgan fingerprint density at radius 2 is 1.88 bits per heavy atom. The molecule has 0 aliphatic rings. The van der Waals surface area contributed by atoms with Crippen LogP contribution in [0.1, 0.15) is 26.3 Å². The summed E-state index contributed by atoms with van der Waals surface area (Å²) >= 11 is 5.84. The van der Waals surface area contributed by atoms with Crippen LogP contribution < -0.4 is 5.43 Å². The van der Waals surface area contributed by atoms with Crippen molar-refractivity contribution < 1.29 is 19.6 Å². The minimum absolute atomic E-state index is 0.0423. The number of hydrazone groups is 1. The van der Waals surface area contributed by atoms with Gasteiger partial charge in [0.1, 0.15) is 0 Å². The van der Waals surface area contributed by atoms with Gasteiger partial charge in [0.2, 0.25) is 0 Å². The number of carbonyl (C=O) groups excluding carboxylic acids is 1. The van der Waals surface area contributed by atoms with Crippen molar-refractivity contribution in [1.82, 2.24) is 5.43 Å². The molecule has 24 heavy (non-hydrogen) atoms. The Balaban J connectivity index is 2.04. The molecule has 0 aliphatic heterocycles. The average molecular weight is 348 g/mol. The number of non-ortho nitro benzene ring substituents is 1. The molecule has 2 N–H and O–H groups in total. The van der Waals surface area contributed by atoms with Gasteiger partial charge in [-0.25, -0.2) is 10.2 Å². The number of nitrogens with one attached hydrogen (secondary N) is 1. The van der Waals surface area contributed by atoms with Crippen LogP contribution >= 0.6 is 11.6 Å². The lowest BCUT2D eigenvalue weighted by Crippen LogP contribution is -2.18. The quantitative estimate of drug-likeness (QED) is 0.489. The van der Waals surface area contributed by atoms with Gasteiger partial charge < -0.3 is 5.11 Å². The lowest BCUT2D eigenvalue weighted by Gasteiger charge is -2.02. The number of hydrogen-bond donors (Lipinski definition) is 2. The SMILES string of the molecule is O=C(O)c1ccc(C=NNC(=O)c2ccc([N+](=O)[O-])cc2Cl)cc1. The number of halogens is 1. The van der Waals surface area contributed by atoms with E-state index in [-0.39, 0.29) is 21.8 Å². The van der Waals surface area contributed by atoms with Crippen molar-refractivity contribution in [3.05, 3.63) is 74.3 Å². The van der Waals surface area contributed by atoms with E-state index in [9.17, 15) is 19.7 Å². The van der Waals surface area contributed by atoms with E-state index in [2.05, 4.69) is 10.5 Å². The molecule has 2 aromatic rings. The standard InChI is InChI=1S/C15H10ClN3O5/c16-13-7-11(19(23)24)5-6-12(13)14(20)18-17-8-9-1-3-10(4-2-9)15(21)22/h1-8H,(H,18,20)(H,21,22). The molecular formula is C15H10ClN3O5. The summed E-state index contributed by atoms with van der Waals surface area (Å²) in [4.78, 5) is 32.6. The van der Waals surface area contributed by atoms with E-state index >= 15 is 0 Å². The summed E-state index contributed by atoms with van der Waals surface area (Å²) in [7, 11) is 0. The molecule has 0 fully saturated rings. The molecule has 2 aromatic carbocycles. The average Bonchev–Trinajstić information content (AvgIpc) is 2.55. The Morgan fingerprint density at radius 1 is 1.21 bits per heavy atom. The van der Waals surface area contributed by atoms with Crippen molar-refractivity contribution >= 4 is 35.4 Å². The summed E-state index contributed by atoms with van der Waals surface area (Å²) in [5.41, 5.74) is 2.76. The van der Waals surface area contributed by atoms with Gasteiger partial charge in [0, 0.05) is 12.1 Å². The lowest BCUT2D eigenvalue weighted by molar-refractivity contribution is -0.384. The number of nitrogens with zero attached hydrogens (tertiary/aromatic N) is 2. The van der Waals surface area contributed by atoms with E-state index in [0.717, 1.165) is 12.1 Å². The fourth-order valence-corrected chi connectivity index (χ4v) is 2.00. The van der Waals surface area contributed by atoms with Gasteiger partial charge in [-0.05, 0) is 23.8 Å². The van der Waals surface area contributed by atoms with Crippen LogP contribution in [-0.4, -0.2) is 28.1 Å². The van der Waals surface area contributed by atoms with E-state index < -0.39 is 16.8 Å². The smallest absolute Gasteiger partial charge is 0.335 e. The highest BCUT2D eigenvalue weighted by atomic mass is 35.5.